The summed E-state index contributed by atoms with van der Waals surface area (Å²) in [6.07, 6.45) is -1.91. The van der Waals surface area contributed by atoms with E-state index < -0.39 is 18.4 Å². The minimum Gasteiger partial charge on any atom is -0.430 e. The van der Waals surface area contributed by atoms with Gasteiger partial charge in [0.1, 0.15) is 6.10 Å². The summed E-state index contributed by atoms with van der Waals surface area (Å²) in [5.41, 5.74) is 0.281. The second kappa shape index (κ2) is 5.78. The highest BCUT2D eigenvalue weighted by atomic mass is 16.7. The monoisotopic (exact) mass is 202 g/mol. The van der Waals surface area contributed by atoms with E-state index in [1.807, 2.05) is 0 Å². The van der Waals surface area contributed by atoms with Gasteiger partial charge in [0.25, 0.3) is 0 Å². The first-order valence-electron chi connectivity index (χ1n) is 4.54. The van der Waals surface area contributed by atoms with Gasteiger partial charge in [-0.05, 0) is 27.7 Å². The number of ether oxygens (including phenoxy) is 2. The summed E-state index contributed by atoms with van der Waals surface area (Å²) in [5, 5.41) is 9.26. The molecule has 14 heavy (non-hydrogen) atoms. The molecule has 0 aliphatic heterocycles. The van der Waals surface area contributed by atoms with E-state index in [0.29, 0.717) is 0 Å². The lowest BCUT2D eigenvalue weighted by Gasteiger charge is -2.22. The Bertz CT molecular complexity index is 208. The number of aliphatic hydroxyl groups excluding tert-OH is 1. The van der Waals surface area contributed by atoms with Gasteiger partial charge in [0.05, 0.1) is 6.10 Å². The van der Waals surface area contributed by atoms with E-state index in [-0.39, 0.29) is 11.7 Å². The Morgan fingerprint density at radius 3 is 2.14 bits per heavy atom. The van der Waals surface area contributed by atoms with E-state index in [1.54, 1.807) is 13.8 Å². The van der Waals surface area contributed by atoms with Gasteiger partial charge in [-0.3, -0.25) is 0 Å². The Morgan fingerprint density at radius 1 is 1.36 bits per heavy atom. The maximum Gasteiger partial charge on any atom is 0.335 e. The van der Waals surface area contributed by atoms with E-state index in [1.165, 1.54) is 13.8 Å². The second-order valence-corrected chi connectivity index (χ2v) is 3.48. The van der Waals surface area contributed by atoms with Crippen molar-refractivity contribution in [2.75, 3.05) is 0 Å². The van der Waals surface area contributed by atoms with Crippen LogP contribution in [-0.2, 0) is 14.3 Å². The summed E-state index contributed by atoms with van der Waals surface area (Å²) in [4.78, 5) is 11.1. The molecule has 4 heteroatoms. The lowest BCUT2D eigenvalue weighted by Crippen LogP contribution is -2.34. The van der Waals surface area contributed by atoms with Gasteiger partial charge < -0.3 is 14.6 Å². The number of aliphatic hydroxyl groups is 1. The van der Waals surface area contributed by atoms with Gasteiger partial charge in [-0.2, -0.15) is 0 Å². The summed E-state index contributed by atoms with van der Waals surface area (Å²) in [7, 11) is 0. The Balaban J connectivity index is 4.23. The van der Waals surface area contributed by atoms with Crippen molar-refractivity contribution in [3.8, 4) is 0 Å². The van der Waals surface area contributed by atoms with Gasteiger partial charge in [0.2, 0.25) is 6.29 Å². The largest absolute Gasteiger partial charge is 0.430 e. The van der Waals surface area contributed by atoms with Crippen LogP contribution in [0, 0.1) is 0 Å². The molecule has 4 nitrogen and oxygen atoms in total. The highest BCUT2D eigenvalue weighted by Crippen LogP contribution is 2.07. The van der Waals surface area contributed by atoms with Crippen LogP contribution < -0.4 is 0 Å². The van der Waals surface area contributed by atoms with E-state index in [2.05, 4.69) is 6.58 Å². The molecule has 0 aliphatic carbocycles. The van der Waals surface area contributed by atoms with Gasteiger partial charge in [-0.25, -0.2) is 4.79 Å². The fraction of sp³-hybridized carbons (Fsp3) is 0.700. The number of rotatable bonds is 5. The molecule has 0 saturated heterocycles. The van der Waals surface area contributed by atoms with Crippen molar-refractivity contribution >= 4 is 5.97 Å². The molecule has 0 aliphatic rings. The van der Waals surface area contributed by atoms with Gasteiger partial charge in [-0.1, -0.05) is 6.58 Å². The third-order valence-corrected chi connectivity index (χ3v) is 1.37. The molecule has 0 heterocycles. The standard InChI is InChI=1S/C10H18O4/c1-6(2)9(12)14-10(8(5)11)13-7(3)4/h7-8,10-11H,1H2,2-5H3. The molecule has 0 spiro atoms. The van der Waals surface area contributed by atoms with Crippen LogP contribution >= 0.6 is 0 Å². The zero-order valence-corrected chi connectivity index (χ0v) is 9.11. The highest BCUT2D eigenvalue weighted by Gasteiger charge is 2.21. The van der Waals surface area contributed by atoms with Crippen LogP contribution in [0.2, 0.25) is 0 Å². The summed E-state index contributed by atoms with van der Waals surface area (Å²) in [5.74, 6) is -0.559. The van der Waals surface area contributed by atoms with Crippen LogP contribution in [0.25, 0.3) is 0 Å². The molecule has 0 radical (unpaired) electrons. The average Bonchev–Trinajstić information content (AvgIpc) is 2.01. The lowest BCUT2D eigenvalue weighted by molar-refractivity contribution is -0.207. The first-order valence-corrected chi connectivity index (χ1v) is 4.54. The zero-order chi connectivity index (χ0) is 11.3. The minimum absolute atomic E-state index is 0.118. The first kappa shape index (κ1) is 13.1. The Hall–Kier alpha value is -0.870. The van der Waals surface area contributed by atoms with Crippen LogP contribution in [0.3, 0.4) is 0 Å². The number of hydrogen-bond acceptors (Lipinski definition) is 4. The fourth-order valence-electron chi connectivity index (χ4n) is 0.714. The summed E-state index contributed by atoms with van der Waals surface area (Å²) >= 11 is 0. The lowest BCUT2D eigenvalue weighted by atomic mass is 10.3. The molecule has 0 aromatic rings. The molecule has 0 fully saturated rings. The van der Waals surface area contributed by atoms with Crippen LogP contribution in [-0.4, -0.2) is 29.6 Å². The number of hydrogen-bond donors (Lipinski definition) is 1. The Labute approximate surface area is 84.5 Å². The third-order valence-electron chi connectivity index (χ3n) is 1.37. The third kappa shape index (κ3) is 4.99. The number of carbonyl (C=O) groups is 1. The zero-order valence-electron chi connectivity index (χ0n) is 9.11. The Morgan fingerprint density at radius 2 is 1.86 bits per heavy atom. The topological polar surface area (TPSA) is 55.8 Å². The van der Waals surface area contributed by atoms with Crippen molar-refractivity contribution in [2.24, 2.45) is 0 Å². The molecule has 0 aromatic heterocycles. The van der Waals surface area contributed by atoms with E-state index in [9.17, 15) is 9.90 Å². The maximum absolute atomic E-state index is 11.1. The second-order valence-electron chi connectivity index (χ2n) is 3.48. The number of carbonyl (C=O) groups excluding carboxylic acids is 1. The van der Waals surface area contributed by atoms with Gasteiger partial charge >= 0.3 is 5.97 Å². The van der Waals surface area contributed by atoms with Gasteiger partial charge in [0, 0.05) is 5.57 Å². The van der Waals surface area contributed by atoms with Crippen LogP contribution in [0.4, 0.5) is 0 Å². The fourth-order valence-corrected chi connectivity index (χ4v) is 0.714. The highest BCUT2D eigenvalue weighted by molar-refractivity contribution is 5.87. The summed E-state index contributed by atoms with van der Waals surface area (Å²) in [6, 6.07) is 0. The first-order chi connectivity index (χ1) is 6.34. The molecule has 0 aromatic carbocycles. The summed E-state index contributed by atoms with van der Waals surface area (Å²) in [6.45, 7) is 10.1. The van der Waals surface area contributed by atoms with E-state index >= 15 is 0 Å². The van der Waals surface area contributed by atoms with Crippen LogP contribution in [0.15, 0.2) is 12.2 Å². The van der Waals surface area contributed by atoms with Gasteiger partial charge in [-0.15, -0.1) is 0 Å². The minimum atomic E-state index is -0.931. The molecule has 2 atom stereocenters. The van der Waals surface area contributed by atoms with Crippen molar-refractivity contribution in [3.63, 3.8) is 0 Å². The molecule has 0 rings (SSSR count). The smallest absolute Gasteiger partial charge is 0.335 e. The van der Waals surface area contributed by atoms with Crippen molar-refractivity contribution in [3.05, 3.63) is 12.2 Å². The molecular weight excluding hydrogens is 184 g/mol. The molecule has 1 N–H and O–H groups in total. The predicted octanol–water partition coefficient (Wildman–Crippen LogP) is 1.24. The van der Waals surface area contributed by atoms with Crippen molar-refractivity contribution in [2.45, 2.75) is 46.2 Å². The molecular formula is C10H18O4. The molecule has 82 valence electrons. The van der Waals surface area contributed by atoms with E-state index in [0.717, 1.165) is 0 Å². The summed E-state index contributed by atoms with van der Waals surface area (Å²) < 4.78 is 10.1. The van der Waals surface area contributed by atoms with Crippen molar-refractivity contribution in [1.29, 1.82) is 0 Å². The van der Waals surface area contributed by atoms with Crippen molar-refractivity contribution < 1.29 is 19.4 Å². The maximum atomic E-state index is 11.1. The molecule has 0 saturated carbocycles. The molecule has 0 amide bonds. The predicted molar refractivity (Wildman–Crippen MR) is 52.6 cm³/mol. The van der Waals surface area contributed by atoms with Crippen LogP contribution in [0.5, 0.6) is 0 Å². The van der Waals surface area contributed by atoms with Gasteiger partial charge in [0.15, 0.2) is 0 Å². The van der Waals surface area contributed by atoms with Crippen LogP contribution in [0.1, 0.15) is 27.7 Å². The van der Waals surface area contributed by atoms with E-state index in [4.69, 9.17) is 9.47 Å². The normalized spacial score (nSPS) is 15.0. The quantitative estimate of drug-likeness (QED) is 0.414. The SMILES string of the molecule is C=C(C)C(=O)OC(OC(C)C)C(C)O. The van der Waals surface area contributed by atoms with Crippen molar-refractivity contribution in [1.82, 2.24) is 0 Å². The molecule has 2 unspecified atom stereocenters. The number of esters is 1. The average molecular weight is 202 g/mol. The Kier molecular flexibility index (Phi) is 5.42. The molecule has 0 bridgehead atoms.